The second kappa shape index (κ2) is 7.24. The highest BCUT2D eigenvalue weighted by molar-refractivity contribution is 8.06. The monoisotopic (exact) mass is 309 g/mol. The molecule has 1 aromatic rings. The summed E-state index contributed by atoms with van der Waals surface area (Å²) in [5.41, 5.74) is 3.05. The Morgan fingerprint density at radius 3 is 2.45 bits per heavy atom. The van der Waals surface area contributed by atoms with Crippen LogP contribution in [0.3, 0.4) is 0 Å². The average Bonchev–Trinajstić information content (AvgIpc) is 2.45. The highest BCUT2D eigenvalue weighted by Crippen LogP contribution is 2.25. The fourth-order valence-electron chi connectivity index (χ4n) is 2.35. The largest absolute Gasteiger partial charge is 0.309 e. The van der Waals surface area contributed by atoms with E-state index in [0.717, 1.165) is 11.8 Å². The Labute approximate surface area is 132 Å². The van der Waals surface area contributed by atoms with Gasteiger partial charge in [-0.3, -0.25) is 0 Å². The predicted octanol–water partition coefficient (Wildman–Crippen LogP) is 4.48. The van der Waals surface area contributed by atoms with Crippen molar-refractivity contribution in [3.05, 3.63) is 35.4 Å². The Bertz CT molecular complexity index is 402. The third-order valence-corrected chi connectivity index (χ3v) is 6.66. The van der Waals surface area contributed by atoms with Gasteiger partial charge in [0, 0.05) is 35.1 Å². The lowest BCUT2D eigenvalue weighted by atomic mass is 9.86. The average molecular weight is 310 g/mol. The number of benzene rings is 1. The molecule has 20 heavy (non-hydrogen) atoms. The zero-order chi connectivity index (χ0) is 14.6. The fraction of sp³-hybridized carbons (Fsp3) is 0.647. The van der Waals surface area contributed by atoms with E-state index in [1.165, 1.54) is 28.4 Å². The normalized spacial score (nSPS) is 21.7. The summed E-state index contributed by atoms with van der Waals surface area (Å²) in [6, 6.07) is 9.55. The van der Waals surface area contributed by atoms with Crippen molar-refractivity contribution in [2.75, 3.05) is 23.8 Å². The van der Waals surface area contributed by atoms with Gasteiger partial charge in [-0.15, -0.1) is 0 Å². The van der Waals surface area contributed by atoms with Crippen LogP contribution in [0.25, 0.3) is 0 Å². The molecule has 1 aliphatic rings. The van der Waals surface area contributed by atoms with Crippen LogP contribution in [0.2, 0.25) is 0 Å². The van der Waals surface area contributed by atoms with Crippen molar-refractivity contribution in [1.82, 2.24) is 5.32 Å². The topological polar surface area (TPSA) is 12.0 Å². The van der Waals surface area contributed by atoms with Crippen LogP contribution in [0.15, 0.2) is 24.3 Å². The van der Waals surface area contributed by atoms with Crippen LogP contribution < -0.4 is 5.32 Å². The Kier molecular flexibility index (Phi) is 5.88. The Balaban J connectivity index is 1.87. The minimum Gasteiger partial charge on any atom is -0.309 e. The van der Waals surface area contributed by atoms with Crippen LogP contribution in [-0.2, 0) is 5.41 Å². The maximum atomic E-state index is 3.69. The Morgan fingerprint density at radius 2 is 1.90 bits per heavy atom. The molecule has 0 saturated carbocycles. The minimum absolute atomic E-state index is 0.241. The molecule has 0 amide bonds. The summed E-state index contributed by atoms with van der Waals surface area (Å²) in [7, 11) is 0. The summed E-state index contributed by atoms with van der Waals surface area (Å²) in [5.74, 6) is 3.93. The van der Waals surface area contributed by atoms with E-state index in [-0.39, 0.29) is 5.41 Å². The molecule has 0 aromatic heterocycles. The summed E-state index contributed by atoms with van der Waals surface area (Å²) in [6.45, 7) is 10.2. The van der Waals surface area contributed by atoms with E-state index in [4.69, 9.17) is 0 Å². The number of hydrogen-bond acceptors (Lipinski definition) is 3. The molecule has 2 rings (SSSR count). The van der Waals surface area contributed by atoms with E-state index in [9.17, 15) is 0 Å². The molecule has 0 spiro atoms. The molecule has 112 valence electrons. The molecule has 2 atom stereocenters. The first-order chi connectivity index (χ1) is 9.47. The van der Waals surface area contributed by atoms with Crippen molar-refractivity contribution in [2.45, 2.75) is 44.4 Å². The summed E-state index contributed by atoms with van der Waals surface area (Å²) in [5, 5.41) is 4.48. The van der Waals surface area contributed by atoms with Gasteiger partial charge in [0.25, 0.3) is 0 Å². The first-order valence-electron chi connectivity index (χ1n) is 7.50. The molecule has 1 fully saturated rings. The number of nitrogens with one attached hydrogen (secondary N) is 1. The van der Waals surface area contributed by atoms with Gasteiger partial charge in [-0.2, -0.15) is 23.5 Å². The van der Waals surface area contributed by atoms with Gasteiger partial charge in [0.1, 0.15) is 0 Å². The zero-order valence-corrected chi connectivity index (χ0v) is 14.7. The SMILES string of the molecule is CC(NCC1CSCCS1)c1ccc(C(C)(C)C)cc1. The first-order valence-corrected chi connectivity index (χ1v) is 9.70. The molecule has 1 heterocycles. The lowest BCUT2D eigenvalue weighted by molar-refractivity contribution is 0.571. The van der Waals surface area contributed by atoms with Crippen LogP contribution in [0.4, 0.5) is 0 Å². The predicted molar refractivity (Wildman–Crippen MR) is 95.1 cm³/mol. The molecule has 0 radical (unpaired) electrons. The summed E-state index contributed by atoms with van der Waals surface area (Å²) in [4.78, 5) is 0. The van der Waals surface area contributed by atoms with Crippen LogP contribution in [0.1, 0.15) is 44.9 Å². The van der Waals surface area contributed by atoms with Gasteiger partial charge in [0.2, 0.25) is 0 Å². The van der Waals surface area contributed by atoms with Gasteiger partial charge < -0.3 is 5.32 Å². The van der Waals surface area contributed by atoms with Crippen molar-refractivity contribution in [3.63, 3.8) is 0 Å². The van der Waals surface area contributed by atoms with Crippen molar-refractivity contribution in [3.8, 4) is 0 Å². The van der Waals surface area contributed by atoms with Gasteiger partial charge in [-0.05, 0) is 23.5 Å². The lowest BCUT2D eigenvalue weighted by Gasteiger charge is -2.24. The third kappa shape index (κ3) is 4.71. The van der Waals surface area contributed by atoms with E-state index in [2.05, 4.69) is 80.8 Å². The molecule has 0 aliphatic carbocycles. The van der Waals surface area contributed by atoms with Crippen LogP contribution in [0.5, 0.6) is 0 Å². The standard InChI is InChI=1S/C17H27NS2/c1-13(18-11-16-12-19-9-10-20-16)14-5-7-15(8-6-14)17(2,3)4/h5-8,13,16,18H,9-12H2,1-4H3. The van der Waals surface area contributed by atoms with Gasteiger partial charge >= 0.3 is 0 Å². The first kappa shape index (κ1) is 16.3. The van der Waals surface area contributed by atoms with E-state index in [1.807, 2.05) is 0 Å². The van der Waals surface area contributed by atoms with Crippen molar-refractivity contribution < 1.29 is 0 Å². The van der Waals surface area contributed by atoms with Gasteiger partial charge in [-0.25, -0.2) is 0 Å². The van der Waals surface area contributed by atoms with E-state index < -0.39 is 0 Å². The van der Waals surface area contributed by atoms with Gasteiger partial charge in [0.05, 0.1) is 0 Å². The molecule has 1 saturated heterocycles. The molecule has 2 unspecified atom stereocenters. The molecule has 1 N–H and O–H groups in total. The van der Waals surface area contributed by atoms with Crippen molar-refractivity contribution >= 4 is 23.5 Å². The van der Waals surface area contributed by atoms with E-state index >= 15 is 0 Å². The quantitative estimate of drug-likeness (QED) is 0.880. The zero-order valence-electron chi connectivity index (χ0n) is 13.1. The molecule has 1 nitrogen and oxygen atoms in total. The minimum atomic E-state index is 0.241. The smallest absolute Gasteiger partial charge is 0.0292 e. The van der Waals surface area contributed by atoms with E-state index in [0.29, 0.717) is 6.04 Å². The lowest BCUT2D eigenvalue weighted by Crippen LogP contribution is -2.30. The molecule has 1 aliphatic heterocycles. The summed E-state index contributed by atoms with van der Waals surface area (Å²) < 4.78 is 0. The molecular weight excluding hydrogens is 282 g/mol. The maximum absolute atomic E-state index is 3.69. The molecular formula is C17H27NS2. The van der Waals surface area contributed by atoms with Gasteiger partial charge in [0.15, 0.2) is 0 Å². The fourth-order valence-corrected chi connectivity index (χ4v) is 4.98. The second-order valence-corrected chi connectivity index (χ2v) is 9.13. The van der Waals surface area contributed by atoms with Crippen LogP contribution in [0, 0.1) is 0 Å². The Hall–Kier alpha value is -0.120. The second-order valence-electron chi connectivity index (χ2n) is 6.57. The Morgan fingerprint density at radius 1 is 1.20 bits per heavy atom. The highest BCUT2D eigenvalue weighted by atomic mass is 32.2. The third-order valence-electron chi connectivity index (χ3n) is 3.81. The number of hydrogen-bond donors (Lipinski definition) is 1. The van der Waals surface area contributed by atoms with Crippen molar-refractivity contribution in [1.29, 1.82) is 0 Å². The van der Waals surface area contributed by atoms with Crippen LogP contribution >= 0.6 is 23.5 Å². The number of rotatable bonds is 4. The highest BCUT2D eigenvalue weighted by Gasteiger charge is 2.16. The van der Waals surface area contributed by atoms with E-state index in [1.54, 1.807) is 0 Å². The maximum Gasteiger partial charge on any atom is 0.0292 e. The number of thioether (sulfide) groups is 2. The summed E-state index contributed by atoms with van der Waals surface area (Å²) in [6.07, 6.45) is 0. The van der Waals surface area contributed by atoms with Gasteiger partial charge in [-0.1, -0.05) is 45.0 Å². The molecule has 3 heteroatoms. The van der Waals surface area contributed by atoms with Crippen molar-refractivity contribution in [2.24, 2.45) is 0 Å². The van der Waals surface area contributed by atoms with Crippen LogP contribution in [-0.4, -0.2) is 29.1 Å². The molecule has 1 aromatic carbocycles. The molecule has 0 bridgehead atoms. The summed E-state index contributed by atoms with van der Waals surface area (Å²) >= 11 is 4.22.